The minimum absolute atomic E-state index is 0.150. The number of methoxy groups -OCH3 is 1. The third kappa shape index (κ3) is 4.66. The molecule has 1 N–H and O–H groups in total. The molecule has 3 rings (SSSR count). The van der Waals surface area contributed by atoms with Crippen molar-refractivity contribution in [2.24, 2.45) is 0 Å². The number of carbonyl (C=O) groups excluding carboxylic acids is 2. The first-order valence-corrected chi connectivity index (χ1v) is 8.33. The molecule has 2 aromatic carbocycles. The lowest BCUT2D eigenvalue weighted by Crippen LogP contribution is -2.37. The fraction of sp³-hybridized carbons (Fsp3) is 0.263. The van der Waals surface area contributed by atoms with Crippen LogP contribution in [-0.4, -0.2) is 44.9 Å². The number of carbonyl (C=O) groups is 2. The van der Waals surface area contributed by atoms with Crippen molar-refractivity contribution < 1.29 is 28.2 Å². The molecule has 1 aliphatic heterocycles. The number of anilines is 1. The van der Waals surface area contributed by atoms with Crippen LogP contribution in [0.5, 0.6) is 11.5 Å². The highest BCUT2D eigenvalue weighted by atomic mass is 19.1. The monoisotopic (exact) mass is 374 g/mol. The van der Waals surface area contributed by atoms with Crippen LogP contribution >= 0.6 is 0 Å². The summed E-state index contributed by atoms with van der Waals surface area (Å²) in [6, 6.07) is 12.5. The second-order valence-corrected chi connectivity index (χ2v) is 5.84. The van der Waals surface area contributed by atoms with E-state index in [0.29, 0.717) is 17.2 Å². The van der Waals surface area contributed by atoms with Gasteiger partial charge in [0.1, 0.15) is 11.9 Å². The van der Waals surface area contributed by atoms with Gasteiger partial charge in [-0.1, -0.05) is 12.1 Å². The molecule has 1 atom stereocenters. The highest BCUT2D eigenvalue weighted by Crippen LogP contribution is 2.25. The average Bonchev–Trinajstić information content (AvgIpc) is 3.06. The molecule has 7 nitrogen and oxygen atoms in total. The maximum Gasteiger partial charge on any atom is 0.414 e. The van der Waals surface area contributed by atoms with Crippen LogP contribution in [0.25, 0.3) is 0 Å². The van der Waals surface area contributed by atoms with E-state index in [1.54, 1.807) is 24.3 Å². The first-order valence-electron chi connectivity index (χ1n) is 8.33. The topological polar surface area (TPSA) is 77.1 Å². The molecule has 2 amide bonds. The number of ether oxygens (including phenoxy) is 3. The lowest BCUT2D eigenvalue weighted by atomic mass is 10.2. The standard InChI is InChI=1S/C19H19FN2O5/c1-25-16-4-2-3-5-17(16)26-12-18(23)21-10-15-11-22(19(24)27-15)14-8-6-13(20)7-9-14/h2-9,15H,10-12H2,1H3,(H,21,23)/t15-/m1/s1. The van der Waals surface area contributed by atoms with Gasteiger partial charge in [0, 0.05) is 5.69 Å². The van der Waals surface area contributed by atoms with E-state index < -0.39 is 12.2 Å². The zero-order valence-corrected chi connectivity index (χ0v) is 14.7. The number of hydrogen-bond donors (Lipinski definition) is 1. The third-order valence-corrected chi connectivity index (χ3v) is 3.97. The van der Waals surface area contributed by atoms with Crippen LogP contribution in [0, 0.1) is 5.82 Å². The van der Waals surface area contributed by atoms with Crippen LogP contribution in [0.15, 0.2) is 48.5 Å². The zero-order chi connectivity index (χ0) is 19.2. The fourth-order valence-electron chi connectivity index (χ4n) is 2.62. The molecule has 1 fully saturated rings. The number of para-hydroxylation sites is 2. The van der Waals surface area contributed by atoms with Crippen LogP contribution in [0.3, 0.4) is 0 Å². The summed E-state index contributed by atoms with van der Waals surface area (Å²) < 4.78 is 28.8. The van der Waals surface area contributed by atoms with Crippen molar-refractivity contribution in [3.05, 3.63) is 54.3 Å². The lowest BCUT2D eigenvalue weighted by molar-refractivity contribution is -0.123. The number of nitrogens with zero attached hydrogens (tertiary/aromatic N) is 1. The molecule has 142 valence electrons. The highest BCUT2D eigenvalue weighted by molar-refractivity contribution is 5.89. The van der Waals surface area contributed by atoms with Gasteiger partial charge in [-0.25, -0.2) is 9.18 Å². The van der Waals surface area contributed by atoms with Crippen LogP contribution in [0.2, 0.25) is 0 Å². The van der Waals surface area contributed by atoms with Gasteiger partial charge in [-0.2, -0.15) is 0 Å². The number of benzene rings is 2. The number of nitrogens with one attached hydrogen (secondary N) is 1. The van der Waals surface area contributed by atoms with Crippen LogP contribution in [-0.2, 0) is 9.53 Å². The number of amides is 2. The summed E-state index contributed by atoms with van der Waals surface area (Å²) >= 11 is 0. The molecule has 8 heteroatoms. The maximum atomic E-state index is 13.0. The Morgan fingerprint density at radius 3 is 2.63 bits per heavy atom. The van der Waals surface area contributed by atoms with E-state index in [4.69, 9.17) is 14.2 Å². The van der Waals surface area contributed by atoms with Crippen molar-refractivity contribution in [1.82, 2.24) is 5.32 Å². The van der Waals surface area contributed by atoms with Gasteiger partial charge in [-0.05, 0) is 36.4 Å². The van der Waals surface area contributed by atoms with Crippen molar-refractivity contribution in [2.45, 2.75) is 6.10 Å². The Morgan fingerprint density at radius 2 is 1.93 bits per heavy atom. The molecule has 0 bridgehead atoms. The van der Waals surface area contributed by atoms with Crippen LogP contribution in [0.4, 0.5) is 14.9 Å². The van der Waals surface area contributed by atoms with E-state index in [1.807, 2.05) is 0 Å². The van der Waals surface area contributed by atoms with Crippen molar-refractivity contribution >= 4 is 17.7 Å². The Kier molecular flexibility index (Phi) is 5.75. The Balaban J connectivity index is 1.46. The Hall–Kier alpha value is -3.29. The quantitative estimate of drug-likeness (QED) is 0.805. The molecule has 0 unspecified atom stereocenters. The largest absolute Gasteiger partial charge is 0.493 e. The predicted molar refractivity (Wildman–Crippen MR) is 95.5 cm³/mol. The maximum absolute atomic E-state index is 13.0. The summed E-state index contributed by atoms with van der Waals surface area (Å²) in [5.74, 6) is 0.261. The molecular formula is C19H19FN2O5. The molecule has 1 aliphatic rings. The van der Waals surface area contributed by atoms with E-state index >= 15 is 0 Å². The molecule has 0 radical (unpaired) electrons. The average molecular weight is 374 g/mol. The van der Waals surface area contributed by atoms with E-state index in [1.165, 1.54) is 36.3 Å². The molecule has 1 heterocycles. The molecular weight excluding hydrogens is 355 g/mol. The first kappa shape index (κ1) is 18.5. The van der Waals surface area contributed by atoms with Gasteiger partial charge < -0.3 is 19.5 Å². The number of rotatable bonds is 7. The molecule has 0 aliphatic carbocycles. The Morgan fingerprint density at radius 1 is 1.22 bits per heavy atom. The Labute approximate surface area is 155 Å². The van der Waals surface area contributed by atoms with Gasteiger partial charge in [0.25, 0.3) is 5.91 Å². The second kappa shape index (κ2) is 8.39. The van der Waals surface area contributed by atoms with E-state index in [2.05, 4.69) is 5.32 Å². The van der Waals surface area contributed by atoms with Gasteiger partial charge >= 0.3 is 6.09 Å². The summed E-state index contributed by atoms with van der Waals surface area (Å²) in [6.45, 7) is 0.221. The Bertz CT molecular complexity index is 812. The summed E-state index contributed by atoms with van der Waals surface area (Å²) in [4.78, 5) is 25.3. The van der Waals surface area contributed by atoms with Gasteiger partial charge in [0.05, 0.1) is 20.2 Å². The highest BCUT2D eigenvalue weighted by Gasteiger charge is 2.32. The van der Waals surface area contributed by atoms with Gasteiger partial charge in [-0.3, -0.25) is 9.69 Å². The van der Waals surface area contributed by atoms with Crippen LogP contribution < -0.4 is 19.7 Å². The van der Waals surface area contributed by atoms with E-state index in [9.17, 15) is 14.0 Å². The summed E-state index contributed by atoms with van der Waals surface area (Å²) in [7, 11) is 1.52. The smallest absolute Gasteiger partial charge is 0.414 e. The predicted octanol–water partition coefficient (Wildman–Crippen LogP) is 2.35. The molecule has 27 heavy (non-hydrogen) atoms. The SMILES string of the molecule is COc1ccccc1OCC(=O)NC[C@@H]1CN(c2ccc(F)cc2)C(=O)O1. The molecule has 1 saturated heterocycles. The van der Waals surface area contributed by atoms with E-state index in [-0.39, 0.29) is 31.4 Å². The minimum Gasteiger partial charge on any atom is -0.493 e. The number of halogens is 1. The second-order valence-electron chi connectivity index (χ2n) is 5.84. The van der Waals surface area contributed by atoms with Crippen LogP contribution in [0.1, 0.15) is 0 Å². The minimum atomic E-state index is -0.536. The number of cyclic esters (lactones) is 1. The van der Waals surface area contributed by atoms with Crippen molar-refractivity contribution in [3.63, 3.8) is 0 Å². The lowest BCUT2D eigenvalue weighted by Gasteiger charge is -2.13. The summed E-state index contributed by atoms with van der Waals surface area (Å²) in [5, 5.41) is 2.67. The van der Waals surface area contributed by atoms with Gasteiger partial charge in [0.15, 0.2) is 18.1 Å². The summed E-state index contributed by atoms with van der Waals surface area (Å²) in [5.41, 5.74) is 0.537. The van der Waals surface area contributed by atoms with E-state index in [0.717, 1.165) is 0 Å². The summed E-state index contributed by atoms with van der Waals surface area (Å²) in [6.07, 6.45) is -1.04. The van der Waals surface area contributed by atoms with Crippen molar-refractivity contribution in [3.8, 4) is 11.5 Å². The normalized spacial score (nSPS) is 16.0. The van der Waals surface area contributed by atoms with Crippen molar-refractivity contribution in [1.29, 1.82) is 0 Å². The third-order valence-electron chi connectivity index (χ3n) is 3.97. The molecule has 0 saturated carbocycles. The van der Waals surface area contributed by atoms with Crippen molar-refractivity contribution in [2.75, 3.05) is 31.7 Å². The number of hydrogen-bond acceptors (Lipinski definition) is 5. The molecule has 0 aromatic heterocycles. The molecule has 0 spiro atoms. The zero-order valence-electron chi connectivity index (χ0n) is 14.7. The first-order chi connectivity index (χ1) is 13.1. The van der Waals surface area contributed by atoms with Gasteiger partial charge in [0.2, 0.25) is 0 Å². The van der Waals surface area contributed by atoms with Gasteiger partial charge in [-0.15, -0.1) is 0 Å². The fourth-order valence-corrected chi connectivity index (χ4v) is 2.62. The molecule has 2 aromatic rings.